The summed E-state index contributed by atoms with van der Waals surface area (Å²) in [5.41, 5.74) is -0.134. The zero-order valence-electron chi connectivity index (χ0n) is 9.58. The molecule has 100 valence electrons. The first-order chi connectivity index (χ1) is 8.97. The Balaban J connectivity index is 2.21. The number of anilines is 1. The number of halogens is 4. The predicted molar refractivity (Wildman–Crippen MR) is 68.5 cm³/mol. The van der Waals surface area contributed by atoms with Crippen molar-refractivity contribution >= 4 is 21.6 Å². The number of benzene rings is 1. The average molecular weight is 332 g/mol. The Morgan fingerprint density at radius 1 is 1.21 bits per heavy atom. The molecule has 1 N–H and O–H groups in total. The summed E-state index contributed by atoms with van der Waals surface area (Å²) in [5, 5.41) is 2.72. The second kappa shape index (κ2) is 5.56. The van der Waals surface area contributed by atoms with E-state index in [0.29, 0.717) is 10.2 Å². The van der Waals surface area contributed by atoms with E-state index in [-0.39, 0.29) is 12.2 Å². The zero-order chi connectivity index (χ0) is 13.9. The molecule has 0 amide bonds. The molecule has 0 aliphatic heterocycles. The minimum absolute atomic E-state index is 0.0151. The molecule has 0 aliphatic rings. The molecule has 2 rings (SSSR count). The maximum atomic E-state index is 12.9. The summed E-state index contributed by atoms with van der Waals surface area (Å²) in [6, 6.07) is 3.97. The molecule has 1 aromatic heterocycles. The van der Waals surface area contributed by atoms with Crippen molar-refractivity contribution in [1.82, 2.24) is 9.97 Å². The smallest absolute Gasteiger partial charge is 0.379 e. The van der Waals surface area contributed by atoms with Crippen molar-refractivity contribution in [3.05, 3.63) is 52.5 Å². The number of hydrogen-bond acceptors (Lipinski definition) is 3. The molecular formula is C12H9BrF3N3. The van der Waals surface area contributed by atoms with E-state index in [1.165, 1.54) is 24.7 Å². The summed E-state index contributed by atoms with van der Waals surface area (Å²) in [4.78, 5) is 7.84. The quantitative estimate of drug-likeness (QED) is 0.927. The van der Waals surface area contributed by atoms with Crippen LogP contribution in [0.25, 0.3) is 0 Å². The van der Waals surface area contributed by atoms with Crippen molar-refractivity contribution in [1.29, 1.82) is 0 Å². The molecule has 0 radical (unpaired) electrons. The zero-order valence-corrected chi connectivity index (χ0v) is 11.2. The van der Waals surface area contributed by atoms with Gasteiger partial charge in [-0.15, -0.1) is 0 Å². The number of rotatable bonds is 3. The van der Waals surface area contributed by atoms with Gasteiger partial charge in [-0.3, -0.25) is 9.97 Å². The number of nitrogens with one attached hydrogen (secondary N) is 1. The fraction of sp³-hybridized carbons (Fsp3) is 0.167. The number of alkyl halides is 3. The first-order valence-corrected chi connectivity index (χ1v) is 6.11. The molecule has 2 aromatic rings. The van der Waals surface area contributed by atoms with Crippen molar-refractivity contribution in [2.24, 2.45) is 0 Å². The molecule has 0 spiro atoms. The summed E-state index contributed by atoms with van der Waals surface area (Å²) < 4.78 is 39.0. The van der Waals surface area contributed by atoms with Gasteiger partial charge in [-0.25, -0.2) is 0 Å². The van der Waals surface area contributed by atoms with Gasteiger partial charge in [0.2, 0.25) is 0 Å². The Bertz CT molecular complexity index is 558. The van der Waals surface area contributed by atoms with Crippen molar-refractivity contribution < 1.29 is 13.2 Å². The summed E-state index contributed by atoms with van der Waals surface area (Å²) in [6.07, 6.45) is 0.0845. The van der Waals surface area contributed by atoms with Crippen LogP contribution in [0.15, 0.2) is 41.3 Å². The molecule has 0 saturated carbocycles. The molecule has 0 saturated heterocycles. The van der Waals surface area contributed by atoms with E-state index >= 15 is 0 Å². The SMILES string of the molecule is FC(F)(F)c1cc(Br)ccc1NCc1cnccn1. The van der Waals surface area contributed by atoms with E-state index in [0.717, 1.165) is 6.07 Å². The molecule has 0 fully saturated rings. The van der Waals surface area contributed by atoms with E-state index in [1.54, 1.807) is 6.07 Å². The third-order valence-corrected chi connectivity index (χ3v) is 2.86. The summed E-state index contributed by atoms with van der Waals surface area (Å²) in [6.45, 7) is 0.179. The van der Waals surface area contributed by atoms with Crippen LogP contribution in [0.5, 0.6) is 0 Å². The van der Waals surface area contributed by atoms with Crippen LogP contribution in [-0.4, -0.2) is 9.97 Å². The van der Waals surface area contributed by atoms with Gasteiger partial charge in [0.05, 0.1) is 24.0 Å². The van der Waals surface area contributed by atoms with Gasteiger partial charge in [0.1, 0.15) is 0 Å². The largest absolute Gasteiger partial charge is 0.418 e. The summed E-state index contributed by atoms with van der Waals surface area (Å²) in [7, 11) is 0. The molecule has 0 unspecified atom stereocenters. The molecule has 1 aromatic carbocycles. The fourth-order valence-corrected chi connectivity index (χ4v) is 1.87. The van der Waals surface area contributed by atoms with E-state index in [9.17, 15) is 13.2 Å². The van der Waals surface area contributed by atoms with Crippen molar-refractivity contribution in [2.75, 3.05) is 5.32 Å². The average Bonchev–Trinajstić information content (AvgIpc) is 2.37. The van der Waals surface area contributed by atoms with Gasteiger partial charge in [0, 0.05) is 22.6 Å². The van der Waals surface area contributed by atoms with Crippen LogP contribution < -0.4 is 5.32 Å². The lowest BCUT2D eigenvalue weighted by Crippen LogP contribution is -2.11. The molecule has 0 aliphatic carbocycles. The van der Waals surface area contributed by atoms with Crippen molar-refractivity contribution in [3.63, 3.8) is 0 Å². The Morgan fingerprint density at radius 2 is 2.00 bits per heavy atom. The molecule has 19 heavy (non-hydrogen) atoms. The third kappa shape index (κ3) is 3.66. The Kier molecular flexibility index (Phi) is 4.04. The monoisotopic (exact) mass is 331 g/mol. The molecule has 7 heteroatoms. The first kappa shape index (κ1) is 13.8. The van der Waals surface area contributed by atoms with Crippen LogP contribution in [0.1, 0.15) is 11.3 Å². The summed E-state index contributed by atoms with van der Waals surface area (Å²) >= 11 is 3.03. The van der Waals surface area contributed by atoms with Crippen LogP contribution in [-0.2, 0) is 12.7 Å². The fourth-order valence-electron chi connectivity index (χ4n) is 1.51. The molecule has 0 bridgehead atoms. The van der Waals surface area contributed by atoms with Crippen LogP contribution in [0.2, 0.25) is 0 Å². The van der Waals surface area contributed by atoms with Gasteiger partial charge in [-0.05, 0) is 18.2 Å². The first-order valence-electron chi connectivity index (χ1n) is 5.32. The molecule has 3 nitrogen and oxygen atoms in total. The lowest BCUT2D eigenvalue weighted by molar-refractivity contribution is -0.137. The van der Waals surface area contributed by atoms with Gasteiger partial charge in [-0.2, -0.15) is 13.2 Å². The number of nitrogens with zero attached hydrogens (tertiary/aromatic N) is 2. The van der Waals surface area contributed by atoms with Gasteiger partial charge in [0.25, 0.3) is 0 Å². The lowest BCUT2D eigenvalue weighted by atomic mass is 10.1. The van der Waals surface area contributed by atoms with Gasteiger partial charge in [0.15, 0.2) is 0 Å². The predicted octanol–water partition coefficient (Wildman–Crippen LogP) is 3.87. The highest BCUT2D eigenvalue weighted by molar-refractivity contribution is 9.10. The minimum atomic E-state index is -4.41. The normalized spacial score (nSPS) is 11.4. The number of aromatic nitrogens is 2. The van der Waals surface area contributed by atoms with E-state index in [1.807, 2.05) is 0 Å². The highest BCUT2D eigenvalue weighted by atomic mass is 79.9. The highest BCUT2D eigenvalue weighted by Gasteiger charge is 2.33. The standard InChI is InChI=1S/C12H9BrF3N3/c13-8-1-2-11(10(5-8)12(14,15)16)19-7-9-6-17-3-4-18-9/h1-6,19H,7H2. The van der Waals surface area contributed by atoms with Crippen LogP contribution >= 0.6 is 15.9 Å². The maximum absolute atomic E-state index is 12.9. The molecule has 1 heterocycles. The second-order valence-corrected chi connectivity index (χ2v) is 4.65. The summed E-state index contributed by atoms with van der Waals surface area (Å²) in [5.74, 6) is 0. The van der Waals surface area contributed by atoms with E-state index in [2.05, 4.69) is 31.2 Å². The van der Waals surface area contributed by atoms with Gasteiger partial charge in [-0.1, -0.05) is 15.9 Å². The molecule has 0 atom stereocenters. The van der Waals surface area contributed by atoms with Crippen LogP contribution in [0.4, 0.5) is 18.9 Å². The molecular weight excluding hydrogens is 323 g/mol. The lowest BCUT2D eigenvalue weighted by Gasteiger charge is -2.14. The van der Waals surface area contributed by atoms with E-state index < -0.39 is 11.7 Å². The maximum Gasteiger partial charge on any atom is 0.418 e. The van der Waals surface area contributed by atoms with Crippen molar-refractivity contribution in [3.8, 4) is 0 Å². The highest BCUT2D eigenvalue weighted by Crippen LogP contribution is 2.36. The topological polar surface area (TPSA) is 37.8 Å². The Morgan fingerprint density at radius 3 is 2.63 bits per heavy atom. The Hall–Kier alpha value is -1.63. The number of hydrogen-bond donors (Lipinski definition) is 1. The second-order valence-electron chi connectivity index (χ2n) is 3.74. The minimum Gasteiger partial charge on any atom is -0.379 e. The van der Waals surface area contributed by atoms with E-state index in [4.69, 9.17) is 0 Å². The third-order valence-electron chi connectivity index (χ3n) is 2.36. The van der Waals surface area contributed by atoms with Gasteiger partial charge < -0.3 is 5.32 Å². The van der Waals surface area contributed by atoms with Crippen LogP contribution in [0, 0.1) is 0 Å². The van der Waals surface area contributed by atoms with Crippen molar-refractivity contribution in [2.45, 2.75) is 12.7 Å². The Labute approximate surface area is 116 Å². The van der Waals surface area contributed by atoms with Crippen LogP contribution in [0.3, 0.4) is 0 Å². The van der Waals surface area contributed by atoms with Gasteiger partial charge >= 0.3 is 6.18 Å².